The molecular formula is C8H14N2O6. The molecule has 0 saturated carbocycles. The minimum absolute atomic E-state index is 0.469. The zero-order valence-corrected chi connectivity index (χ0v) is 8.35. The Morgan fingerprint density at radius 3 is 1.81 bits per heavy atom. The quantitative estimate of drug-likeness (QED) is 0.305. The van der Waals surface area contributed by atoms with E-state index in [0.29, 0.717) is 13.1 Å². The maximum Gasteiger partial charge on any atom is 0.254 e. The van der Waals surface area contributed by atoms with Crippen LogP contribution in [0.25, 0.3) is 0 Å². The molecule has 0 aromatic rings. The summed E-state index contributed by atoms with van der Waals surface area (Å²) >= 11 is 0. The number of primary amides is 1. The second-order valence-electron chi connectivity index (χ2n) is 3.60. The zero-order chi connectivity index (χ0) is 12.5. The van der Waals surface area contributed by atoms with E-state index in [9.17, 15) is 24.9 Å². The van der Waals surface area contributed by atoms with Crippen molar-refractivity contribution in [3.05, 3.63) is 0 Å². The summed E-state index contributed by atoms with van der Waals surface area (Å²) in [6.07, 6.45) is -7.88. The molecule has 0 aliphatic carbocycles. The number of nitrogens with zero attached hydrogens (tertiary/aromatic N) is 1. The first-order chi connectivity index (χ1) is 7.36. The van der Waals surface area contributed by atoms with Crippen LogP contribution in [0.3, 0.4) is 0 Å². The summed E-state index contributed by atoms with van der Waals surface area (Å²) in [5.74, 6) is -2.01. The number of aliphatic hydroxyl groups excluding tert-OH is 4. The number of hydrogen-bond donors (Lipinski definition) is 5. The van der Waals surface area contributed by atoms with Crippen LogP contribution < -0.4 is 5.73 Å². The van der Waals surface area contributed by atoms with Crippen LogP contribution in [0.1, 0.15) is 0 Å². The molecule has 0 bridgehead atoms. The van der Waals surface area contributed by atoms with Crippen LogP contribution in [0.15, 0.2) is 0 Å². The molecule has 1 saturated heterocycles. The molecule has 0 aromatic carbocycles. The molecular weight excluding hydrogens is 220 g/mol. The minimum atomic E-state index is -2.04. The van der Waals surface area contributed by atoms with Gasteiger partial charge in [0.15, 0.2) is 12.2 Å². The molecule has 1 aliphatic heterocycles. The fourth-order valence-corrected chi connectivity index (χ4v) is 1.15. The number of carbonyl (C=O) groups excluding carboxylic acids is 2. The van der Waals surface area contributed by atoms with Crippen LogP contribution in [-0.2, 0) is 9.59 Å². The highest BCUT2D eigenvalue weighted by Gasteiger charge is 2.40. The maximum absolute atomic E-state index is 11.3. The molecule has 4 atom stereocenters. The fourth-order valence-electron chi connectivity index (χ4n) is 1.15. The molecule has 8 heteroatoms. The van der Waals surface area contributed by atoms with Gasteiger partial charge in [-0.3, -0.25) is 9.59 Å². The summed E-state index contributed by atoms with van der Waals surface area (Å²) in [5, 5.41) is 36.9. The highest BCUT2D eigenvalue weighted by Crippen LogP contribution is 2.12. The average molecular weight is 234 g/mol. The molecule has 0 spiro atoms. The number of aliphatic hydroxyl groups is 4. The molecule has 1 aliphatic rings. The summed E-state index contributed by atoms with van der Waals surface area (Å²) in [4.78, 5) is 23.0. The molecule has 0 unspecified atom stereocenters. The molecule has 0 aromatic heterocycles. The van der Waals surface area contributed by atoms with Crippen molar-refractivity contribution in [3.63, 3.8) is 0 Å². The Bertz CT molecular complexity index is 292. The van der Waals surface area contributed by atoms with Crippen molar-refractivity contribution in [3.8, 4) is 0 Å². The van der Waals surface area contributed by atoms with Crippen molar-refractivity contribution in [2.45, 2.75) is 24.4 Å². The van der Waals surface area contributed by atoms with E-state index in [1.807, 2.05) is 0 Å². The Morgan fingerprint density at radius 1 is 1.00 bits per heavy atom. The van der Waals surface area contributed by atoms with Crippen molar-refractivity contribution >= 4 is 11.8 Å². The third-order valence-electron chi connectivity index (χ3n) is 2.30. The van der Waals surface area contributed by atoms with Gasteiger partial charge in [-0.2, -0.15) is 0 Å². The van der Waals surface area contributed by atoms with Crippen LogP contribution in [0, 0.1) is 0 Å². The normalized spacial score (nSPS) is 22.1. The van der Waals surface area contributed by atoms with Gasteiger partial charge in [-0.25, -0.2) is 0 Å². The number of nitrogens with two attached hydrogens (primary N) is 1. The molecule has 92 valence electrons. The second-order valence-corrected chi connectivity index (χ2v) is 3.60. The minimum Gasteiger partial charge on any atom is -0.387 e. The van der Waals surface area contributed by atoms with Gasteiger partial charge >= 0.3 is 0 Å². The maximum atomic E-state index is 11.3. The van der Waals surface area contributed by atoms with Gasteiger partial charge in [0.1, 0.15) is 12.2 Å². The van der Waals surface area contributed by atoms with Crippen LogP contribution in [-0.4, -0.2) is 74.6 Å². The number of carbonyl (C=O) groups is 2. The predicted octanol–water partition coefficient (Wildman–Crippen LogP) is -4.24. The summed E-state index contributed by atoms with van der Waals surface area (Å²) in [7, 11) is 0. The van der Waals surface area contributed by atoms with Gasteiger partial charge < -0.3 is 31.1 Å². The van der Waals surface area contributed by atoms with E-state index in [1.165, 1.54) is 4.90 Å². The van der Waals surface area contributed by atoms with E-state index in [0.717, 1.165) is 0 Å². The molecule has 0 radical (unpaired) electrons. The first kappa shape index (κ1) is 12.8. The Kier molecular flexibility index (Phi) is 3.81. The van der Waals surface area contributed by atoms with Gasteiger partial charge in [0.05, 0.1) is 0 Å². The summed E-state index contributed by atoms with van der Waals surface area (Å²) in [5.41, 5.74) is 4.69. The van der Waals surface area contributed by atoms with E-state index < -0.39 is 36.2 Å². The van der Waals surface area contributed by atoms with Crippen molar-refractivity contribution in [2.24, 2.45) is 5.73 Å². The highest BCUT2D eigenvalue weighted by atomic mass is 16.4. The van der Waals surface area contributed by atoms with Crippen molar-refractivity contribution in [2.75, 3.05) is 13.1 Å². The smallest absolute Gasteiger partial charge is 0.254 e. The van der Waals surface area contributed by atoms with Gasteiger partial charge in [-0.1, -0.05) is 0 Å². The Hall–Kier alpha value is -1.22. The Balaban J connectivity index is 2.57. The molecule has 1 heterocycles. The second kappa shape index (κ2) is 4.74. The molecule has 8 nitrogen and oxygen atoms in total. The summed E-state index contributed by atoms with van der Waals surface area (Å²) < 4.78 is 0. The number of rotatable bonds is 5. The monoisotopic (exact) mass is 234 g/mol. The largest absolute Gasteiger partial charge is 0.387 e. The van der Waals surface area contributed by atoms with Crippen LogP contribution in [0.2, 0.25) is 0 Å². The van der Waals surface area contributed by atoms with Crippen molar-refractivity contribution in [1.29, 1.82) is 0 Å². The van der Waals surface area contributed by atoms with Crippen LogP contribution >= 0.6 is 0 Å². The van der Waals surface area contributed by atoms with Gasteiger partial charge in [0, 0.05) is 13.1 Å². The van der Waals surface area contributed by atoms with Gasteiger partial charge in [-0.05, 0) is 0 Å². The predicted molar refractivity (Wildman–Crippen MR) is 49.8 cm³/mol. The first-order valence-corrected chi connectivity index (χ1v) is 4.66. The van der Waals surface area contributed by atoms with Crippen LogP contribution in [0.5, 0.6) is 0 Å². The molecule has 1 fully saturated rings. The lowest BCUT2D eigenvalue weighted by molar-refractivity contribution is -0.156. The molecule has 1 rings (SSSR count). The average Bonchev–Trinajstić information content (AvgIpc) is 3.07. The molecule has 6 N–H and O–H groups in total. The van der Waals surface area contributed by atoms with Crippen LogP contribution in [0.4, 0.5) is 0 Å². The summed E-state index contributed by atoms with van der Waals surface area (Å²) in [6, 6.07) is 0. The number of amides is 2. The fraction of sp³-hybridized carbons (Fsp3) is 0.750. The third kappa shape index (κ3) is 2.67. The van der Waals surface area contributed by atoms with Gasteiger partial charge in [0.2, 0.25) is 5.91 Å². The van der Waals surface area contributed by atoms with Gasteiger partial charge in [0.25, 0.3) is 5.91 Å². The first-order valence-electron chi connectivity index (χ1n) is 4.66. The van der Waals surface area contributed by atoms with E-state index in [4.69, 9.17) is 5.11 Å². The number of hydrogen-bond acceptors (Lipinski definition) is 6. The van der Waals surface area contributed by atoms with E-state index >= 15 is 0 Å². The Labute approximate surface area is 90.9 Å². The Morgan fingerprint density at radius 2 is 1.44 bits per heavy atom. The van der Waals surface area contributed by atoms with Crippen molar-refractivity contribution in [1.82, 2.24) is 4.90 Å². The lowest BCUT2D eigenvalue weighted by Crippen LogP contribution is -2.52. The molecule has 2 amide bonds. The standard InChI is InChI=1S/C8H14N2O6/c9-7(15)5(13)3(11)4(12)6(14)8(16)10-1-2-10/h3-6,11-14H,1-2H2,(H2,9,15)/t3-,4-,5-,6+/m0/s1. The molecule has 16 heavy (non-hydrogen) atoms. The zero-order valence-electron chi connectivity index (χ0n) is 8.35. The SMILES string of the molecule is NC(=O)[C@@H](O)[C@@H](O)[C@H](O)[C@@H](O)C(=O)N1CC1. The lowest BCUT2D eigenvalue weighted by Gasteiger charge is -2.24. The highest BCUT2D eigenvalue weighted by molar-refractivity contribution is 5.84. The topological polar surface area (TPSA) is 144 Å². The van der Waals surface area contributed by atoms with E-state index in [-0.39, 0.29) is 0 Å². The van der Waals surface area contributed by atoms with Gasteiger partial charge in [-0.15, -0.1) is 0 Å². The van der Waals surface area contributed by atoms with Crippen molar-refractivity contribution < 1.29 is 30.0 Å². The van der Waals surface area contributed by atoms with E-state index in [2.05, 4.69) is 5.73 Å². The van der Waals surface area contributed by atoms with E-state index in [1.54, 1.807) is 0 Å². The third-order valence-corrected chi connectivity index (χ3v) is 2.30. The lowest BCUT2D eigenvalue weighted by atomic mass is 10.0. The summed E-state index contributed by atoms with van der Waals surface area (Å²) in [6.45, 7) is 0.939.